The zero-order valence-electron chi connectivity index (χ0n) is 6.06. The molecule has 1 rings (SSSR count). The highest BCUT2D eigenvalue weighted by molar-refractivity contribution is 5.71. The van der Waals surface area contributed by atoms with Gasteiger partial charge in [0.05, 0.1) is 0 Å². The van der Waals surface area contributed by atoms with E-state index in [4.69, 9.17) is 0 Å². The molecule has 0 radical (unpaired) electrons. The van der Waals surface area contributed by atoms with Crippen molar-refractivity contribution < 1.29 is 4.79 Å². The number of hydrogen-bond acceptors (Lipinski definition) is 1. The zero-order valence-corrected chi connectivity index (χ0v) is 6.06. The van der Waals surface area contributed by atoms with Crippen LogP contribution in [0.3, 0.4) is 0 Å². The van der Waals surface area contributed by atoms with Crippen LogP contribution in [-0.2, 0) is 4.79 Å². The van der Waals surface area contributed by atoms with Crippen molar-refractivity contribution in [1.82, 2.24) is 4.98 Å². The molecule has 0 atom stereocenters. The summed E-state index contributed by atoms with van der Waals surface area (Å²) in [7, 11) is 0. The van der Waals surface area contributed by atoms with Gasteiger partial charge in [0.1, 0.15) is 5.82 Å². The van der Waals surface area contributed by atoms with Gasteiger partial charge in [-0.2, -0.15) is 0 Å². The highest BCUT2D eigenvalue weighted by Crippen LogP contribution is 2.14. The van der Waals surface area contributed by atoms with Crippen molar-refractivity contribution in [2.45, 2.75) is 13.8 Å². The van der Waals surface area contributed by atoms with E-state index in [0.717, 1.165) is 16.9 Å². The van der Waals surface area contributed by atoms with Gasteiger partial charge in [-0.25, -0.2) is 0 Å². The first-order valence-electron chi connectivity index (χ1n) is 3.10. The lowest BCUT2D eigenvalue weighted by molar-refractivity contribution is -0.105. The molecule has 3 heteroatoms. The topological polar surface area (TPSA) is 44.9 Å². The molecule has 1 heterocycles. The number of aryl methyl sites for hydroxylation is 1. The quantitative estimate of drug-likeness (QED) is 0.592. The third-order valence-electron chi connectivity index (χ3n) is 1.60. The summed E-state index contributed by atoms with van der Waals surface area (Å²) in [4.78, 5) is 12.9. The number of anilines is 1. The summed E-state index contributed by atoms with van der Waals surface area (Å²) in [5.74, 6) is 0.785. The monoisotopic (exact) mass is 138 g/mol. The molecule has 0 unspecified atom stereocenters. The summed E-state index contributed by atoms with van der Waals surface area (Å²) in [5, 5.41) is 2.56. The van der Waals surface area contributed by atoms with Crippen LogP contribution in [0, 0.1) is 13.8 Å². The molecule has 0 aromatic carbocycles. The van der Waals surface area contributed by atoms with Crippen molar-refractivity contribution in [2.75, 3.05) is 5.32 Å². The van der Waals surface area contributed by atoms with E-state index in [9.17, 15) is 4.79 Å². The Morgan fingerprint density at radius 2 is 2.30 bits per heavy atom. The Morgan fingerprint density at radius 1 is 1.60 bits per heavy atom. The maximum atomic E-state index is 10.0. The molecular formula is C7H10N2O. The Kier molecular flexibility index (Phi) is 1.76. The summed E-state index contributed by atoms with van der Waals surface area (Å²) in [5.41, 5.74) is 2.25. The molecule has 0 aliphatic heterocycles. The molecule has 1 aromatic heterocycles. The molecule has 2 N–H and O–H groups in total. The van der Waals surface area contributed by atoms with Gasteiger partial charge in [-0.3, -0.25) is 4.79 Å². The molecule has 3 nitrogen and oxygen atoms in total. The minimum Gasteiger partial charge on any atom is -0.348 e. The fourth-order valence-corrected chi connectivity index (χ4v) is 0.803. The molecule has 54 valence electrons. The molecule has 1 aromatic rings. The van der Waals surface area contributed by atoms with Gasteiger partial charge < -0.3 is 10.3 Å². The van der Waals surface area contributed by atoms with E-state index in [0.29, 0.717) is 6.41 Å². The Balaban J connectivity index is 2.93. The second kappa shape index (κ2) is 2.56. The number of carbonyl (C=O) groups is 1. The average Bonchev–Trinajstić information content (AvgIpc) is 2.20. The highest BCUT2D eigenvalue weighted by atomic mass is 16.1. The van der Waals surface area contributed by atoms with Gasteiger partial charge in [0.2, 0.25) is 6.41 Å². The van der Waals surface area contributed by atoms with Crippen LogP contribution in [0.2, 0.25) is 0 Å². The van der Waals surface area contributed by atoms with E-state index in [2.05, 4.69) is 10.3 Å². The molecule has 0 aliphatic rings. The van der Waals surface area contributed by atoms with Crippen molar-refractivity contribution in [3.05, 3.63) is 17.3 Å². The number of rotatable bonds is 2. The Hall–Kier alpha value is -1.25. The van der Waals surface area contributed by atoms with Crippen molar-refractivity contribution in [1.29, 1.82) is 0 Å². The van der Waals surface area contributed by atoms with Crippen LogP contribution in [0.15, 0.2) is 6.20 Å². The predicted molar refractivity (Wildman–Crippen MR) is 40.0 cm³/mol. The fourth-order valence-electron chi connectivity index (χ4n) is 0.803. The second-order valence-electron chi connectivity index (χ2n) is 2.23. The lowest BCUT2D eigenvalue weighted by Gasteiger charge is -1.94. The molecule has 0 saturated carbocycles. The molecule has 0 fully saturated rings. The van der Waals surface area contributed by atoms with Crippen molar-refractivity contribution in [3.63, 3.8) is 0 Å². The first-order valence-corrected chi connectivity index (χ1v) is 3.10. The first-order chi connectivity index (χ1) is 4.75. The Bertz CT molecular complexity index is 240. The smallest absolute Gasteiger partial charge is 0.212 e. The Labute approximate surface area is 59.4 Å². The van der Waals surface area contributed by atoms with Gasteiger partial charge in [-0.05, 0) is 25.0 Å². The normalized spacial score (nSPS) is 9.40. The number of H-pyrrole nitrogens is 1. The summed E-state index contributed by atoms with van der Waals surface area (Å²) in [6.45, 7) is 3.94. The summed E-state index contributed by atoms with van der Waals surface area (Å²) < 4.78 is 0. The number of nitrogens with one attached hydrogen (secondary N) is 2. The number of amides is 1. The van der Waals surface area contributed by atoms with Gasteiger partial charge in [0, 0.05) is 6.20 Å². The first kappa shape index (κ1) is 6.86. The van der Waals surface area contributed by atoms with E-state index in [-0.39, 0.29) is 0 Å². The number of carbonyl (C=O) groups excluding carboxylic acids is 1. The number of aromatic nitrogens is 1. The predicted octanol–water partition coefficient (Wildman–Crippen LogP) is 1.20. The van der Waals surface area contributed by atoms with Crippen LogP contribution >= 0.6 is 0 Å². The Morgan fingerprint density at radius 3 is 2.70 bits per heavy atom. The van der Waals surface area contributed by atoms with Crippen LogP contribution in [0.1, 0.15) is 11.1 Å². The van der Waals surface area contributed by atoms with Crippen LogP contribution in [0.5, 0.6) is 0 Å². The SMILES string of the molecule is Cc1c[nH]c(NC=O)c1C. The van der Waals surface area contributed by atoms with Crippen molar-refractivity contribution in [2.24, 2.45) is 0 Å². The molecule has 0 aliphatic carbocycles. The minimum atomic E-state index is 0.665. The molecule has 10 heavy (non-hydrogen) atoms. The van der Waals surface area contributed by atoms with Gasteiger partial charge in [-0.1, -0.05) is 0 Å². The van der Waals surface area contributed by atoms with Gasteiger partial charge in [0.25, 0.3) is 0 Å². The van der Waals surface area contributed by atoms with E-state index in [1.807, 2.05) is 20.0 Å². The van der Waals surface area contributed by atoms with Crippen LogP contribution in [0.25, 0.3) is 0 Å². The molecule has 1 amide bonds. The number of hydrogen-bond donors (Lipinski definition) is 2. The van der Waals surface area contributed by atoms with E-state index in [1.54, 1.807) is 0 Å². The molecule has 0 saturated heterocycles. The van der Waals surface area contributed by atoms with Gasteiger partial charge in [-0.15, -0.1) is 0 Å². The van der Waals surface area contributed by atoms with E-state index < -0.39 is 0 Å². The third kappa shape index (κ3) is 1.03. The largest absolute Gasteiger partial charge is 0.348 e. The zero-order chi connectivity index (χ0) is 7.56. The van der Waals surface area contributed by atoms with Gasteiger partial charge in [0.15, 0.2) is 0 Å². The minimum absolute atomic E-state index is 0.665. The lowest BCUT2D eigenvalue weighted by atomic mass is 10.2. The molecule has 0 spiro atoms. The molecular weight excluding hydrogens is 128 g/mol. The van der Waals surface area contributed by atoms with Crippen LogP contribution < -0.4 is 5.32 Å². The summed E-state index contributed by atoms with van der Waals surface area (Å²) >= 11 is 0. The fraction of sp³-hybridized carbons (Fsp3) is 0.286. The average molecular weight is 138 g/mol. The lowest BCUT2D eigenvalue weighted by Crippen LogP contribution is -1.94. The van der Waals surface area contributed by atoms with Gasteiger partial charge >= 0.3 is 0 Å². The third-order valence-corrected chi connectivity index (χ3v) is 1.60. The molecule has 0 bridgehead atoms. The van der Waals surface area contributed by atoms with Crippen LogP contribution in [-0.4, -0.2) is 11.4 Å². The highest BCUT2D eigenvalue weighted by Gasteiger charge is 1.99. The van der Waals surface area contributed by atoms with Crippen molar-refractivity contribution >= 4 is 12.2 Å². The standard InChI is InChI=1S/C7H10N2O/c1-5-3-8-7(6(5)2)9-4-10/h3-4,8H,1-2H3,(H,9,10). The van der Waals surface area contributed by atoms with E-state index >= 15 is 0 Å². The van der Waals surface area contributed by atoms with Crippen LogP contribution in [0.4, 0.5) is 5.82 Å². The second-order valence-corrected chi connectivity index (χ2v) is 2.23. The maximum Gasteiger partial charge on any atom is 0.212 e. The maximum absolute atomic E-state index is 10.0. The number of aromatic amines is 1. The summed E-state index contributed by atoms with van der Waals surface area (Å²) in [6, 6.07) is 0. The van der Waals surface area contributed by atoms with Crippen molar-refractivity contribution in [3.8, 4) is 0 Å². The van der Waals surface area contributed by atoms with E-state index in [1.165, 1.54) is 0 Å². The summed E-state index contributed by atoms with van der Waals surface area (Å²) in [6.07, 6.45) is 2.53.